The lowest BCUT2D eigenvalue weighted by Gasteiger charge is -2.44. The normalized spacial score (nSPS) is 26.7. The van der Waals surface area contributed by atoms with Crippen molar-refractivity contribution in [3.63, 3.8) is 0 Å². The second-order valence-corrected chi connectivity index (χ2v) is 28.5. The van der Waals surface area contributed by atoms with Gasteiger partial charge in [0.15, 0.2) is 0 Å². The Morgan fingerprint density at radius 3 is 2.17 bits per heavy atom. The molecular weight excluding hydrogens is 916 g/mol. The summed E-state index contributed by atoms with van der Waals surface area (Å²) >= 11 is 0. The van der Waals surface area contributed by atoms with E-state index in [0.29, 0.717) is 0 Å². The minimum Gasteiger partial charge on any atom is -0.376 e. The van der Waals surface area contributed by atoms with Gasteiger partial charge in [-0.1, -0.05) is 148 Å². The number of allylic oxidation sites excluding steroid dienone is 3. The molecule has 4 unspecified atom stereocenters. The summed E-state index contributed by atoms with van der Waals surface area (Å²) in [5.74, 6) is 2.43. The lowest BCUT2D eigenvalue weighted by Crippen LogP contribution is -2.52. The monoisotopic (exact) mass is 997 g/mol. The smallest absolute Gasteiger partial charge is 0.329 e. The van der Waals surface area contributed by atoms with Crippen molar-refractivity contribution in [2.45, 2.75) is 193 Å². The summed E-state index contributed by atoms with van der Waals surface area (Å²) in [6.45, 7) is 25.1. The molecule has 8 aliphatic rings. The lowest BCUT2D eigenvalue weighted by molar-refractivity contribution is 0.207. The van der Waals surface area contributed by atoms with Gasteiger partial charge in [-0.05, 0) is 228 Å². The zero-order valence-electron chi connectivity index (χ0n) is 47.7. The molecule has 0 amide bonds. The van der Waals surface area contributed by atoms with Crippen molar-refractivity contribution in [3.05, 3.63) is 165 Å². The van der Waals surface area contributed by atoms with E-state index in [4.69, 9.17) is 0 Å². The van der Waals surface area contributed by atoms with Gasteiger partial charge in [0.25, 0.3) is 0 Å². The second kappa shape index (κ2) is 16.3. The van der Waals surface area contributed by atoms with Gasteiger partial charge < -0.3 is 9.38 Å². The highest BCUT2D eigenvalue weighted by molar-refractivity contribution is 6.85. The molecule has 0 saturated heterocycles. The van der Waals surface area contributed by atoms with E-state index in [1.165, 1.54) is 179 Å². The first kappa shape index (κ1) is 47.7. The minimum absolute atomic E-state index is 0.0174. The fourth-order valence-corrected chi connectivity index (χ4v) is 18.5. The van der Waals surface area contributed by atoms with E-state index in [1.54, 1.807) is 33.3 Å². The molecule has 6 aromatic carbocycles. The second-order valence-electron chi connectivity index (χ2n) is 28.5. The summed E-state index contributed by atoms with van der Waals surface area (Å²) in [4.78, 5) is 2.83. The van der Waals surface area contributed by atoms with E-state index in [9.17, 15) is 0 Å². The van der Waals surface area contributed by atoms with E-state index < -0.39 is 0 Å². The number of hydrogen-bond donors (Lipinski definition) is 0. The van der Waals surface area contributed by atoms with Crippen LogP contribution in [0.1, 0.15) is 197 Å². The van der Waals surface area contributed by atoms with Crippen LogP contribution in [0.4, 0.5) is 11.4 Å². The molecule has 386 valence electrons. The summed E-state index contributed by atoms with van der Waals surface area (Å²) in [7, 11) is 0. The topological polar surface area (TPSA) is 8.17 Å². The molecule has 76 heavy (non-hydrogen) atoms. The molecule has 2 nitrogen and oxygen atoms in total. The van der Waals surface area contributed by atoms with Crippen molar-refractivity contribution in [1.29, 1.82) is 0 Å². The Hall–Kier alpha value is -5.54. The standard InChI is InChI=1S/C73H81BN2/c1-11-13-17-46-22-24-62(53(34-46)50-18-15-14-16-19-50)75-64-32-44(3)31-55-57-37-52(72(12-2)41-47-20-21-48(33-47)42-72)36-56-54-35-51(73-27-26-49(43-73)30-45(4)40-73)23-25-63(54)76(66(56)57)74(65(55)64)68-67(75)58-38-60-61(39-59(58)71(68,9)10)70(7,8)29-28-69(60,5)6/h14-16,18-19,22-26,31-32,34-39,45,47-48H,11-13,17,20-21,27-30,33,40-43H2,1-10H3. The van der Waals surface area contributed by atoms with Crippen LogP contribution in [0.2, 0.25) is 0 Å². The van der Waals surface area contributed by atoms with Crippen LogP contribution in [0.15, 0.2) is 120 Å². The highest BCUT2D eigenvalue weighted by atomic mass is 15.2. The Morgan fingerprint density at radius 2 is 1.42 bits per heavy atom. The first-order valence-corrected chi connectivity index (χ1v) is 30.4. The zero-order chi connectivity index (χ0) is 52.0. The summed E-state index contributed by atoms with van der Waals surface area (Å²) in [5, 5.41) is 2.99. The van der Waals surface area contributed by atoms with Crippen molar-refractivity contribution in [1.82, 2.24) is 4.48 Å². The maximum Gasteiger partial charge on any atom is 0.329 e. The van der Waals surface area contributed by atoms with Crippen LogP contribution in [0.3, 0.4) is 0 Å². The van der Waals surface area contributed by atoms with Gasteiger partial charge in [-0.3, -0.25) is 0 Å². The molecule has 6 aliphatic carbocycles. The number of benzene rings is 6. The number of nitrogens with zero attached hydrogens (tertiary/aromatic N) is 2. The number of hydrogen-bond acceptors (Lipinski definition) is 1. The Kier molecular flexibility index (Phi) is 10.2. The molecule has 3 heteroatoms. The fourth-order valence-electron chi connectivity index (χ4n) is 18.5. The predicted molar refractivity (Wildman–Crippen MR) is 324 cm³/mol. The van der Waals surface area contributed by atoms with Gasteiger partial charge in [-0.2, -0.15) is 0 Å². The lowest BCUT2D eigenvalue weighted by atomic mass is 9.40. The largest absolute Gasteiger partial charge is 0.376 e. The molecular formula is C73H81BN2. The van der Waals surface area contributed by atoms with Crippen LogP contribution < -0.4 is 10.4 Å². The number of aromatic nitrogens is 1. The van der Waals surface area contributed by atoms with Gasteiger partial charge in [-0.15, -0.1) is 0 Å². The summed E-state index contributed by atoms with van der Waals surface area (Å²) < 4.78 is 2.94. The molecule has 3 heterocycles. The van der Waals surface area contributed by atoms with E-state index in [2.05, 4.69) is 188 Å². The molecule has 3 fully saturated rings. The summed E-state index contributed by atoms with van der Waals surface area (Å²) in [6, 6.07) is 43.2. The van der Waals surface area contributed by atoms with Crippen LogP contribution in [0.25, 0.3) is 49.8 Å². The third kappa shape index (κ3) is 6.59. The van der Waals surface area contributed by atoms with E-state index in [1.807, 2.05) is 0 Å². The highest BCUT2D eigenvalue weighted by Crippen LogP contribution is 2.62. The van der Waals surface area contributed by atoms with Crippen molar-refractivity contribution in [2.24, 2.45) is 17.8 Å². The zero-order valence-corrected chi connectivity index (χ0v) is 47.7. The predicted octanol–water partition coefficient (Wildman–Crippen LogP) is 18.8. The maximum atomic E-state index is 2.94. The Morgan fingerprint density at radius 1 is 0.671 bits per heavy atom. The molecule has 0 radical (unpaired) electrons. The third-order valence-electron chi connectivity index (χ3n) is 22.4. The molecule has 2 aliphatic heterocycles. The van der Waals surface area contributed by atoms with Gasteiger partial charge >= 0.3 is 6.85 Å². The fraction of sp³-hybridized carbons (Fsp3) is 0.452. The van der Waals surface area contributed by atoms with Crippen LogP contribution in [0, 0.1) is 24.7 Å². The Bertz CT molecular complexity index is 3690. The molecule has 3 saturated carbocycles. The van der Waals surface area contributed by atoms with Crippen LogP contribution in [-0.4, -0.2) is 11.3 Å². The van der Waals surface area contributed by atoms with Crippen LogP contribution in [0.5, 0.6) is 0 Å². The van der Waals surface area contributed by atoms with Gasteiger partial charge in [-0.25, -0.2) is 0 Å². The Balaban J connectivity index is 1.07. The number of anilines is 2. The Labute approximate surface area is 455 Å². The number of fused-ring (bicyclic) bond motifs is 13. The SMILES string of the molecule is CCCCc1ccc(N2C3=C(B4c5c(cc(C)cc52)-c2cc(C5(CC)CC6CCC(C6)C5)cc5c6cc(C78CC=C(CC(C)C7)C8)ccc6n4c25)C(C)(C)c2cc4c(cc23)C(C)(C)CCC4(C)C)c(-c2ccccc2)c1. The molecule has 0 spiro atoms. The minimum atomic E-state index is -0.273. The van der Waals surface area contributed by atoms with Crippen molar-refractivity contribution in [2.75, 3.05) is 4.90 Å². The number of unbranched alkanes of at least 4 members (excludes halogenated alkanes) is 1. The average molecular weight is 997 g/mol. The molecule has 1 aromatic heterocycles. The number of rotatable bonds is 8. The molecule has 4 atom stereocenters. The quantitative estimate of drug-likeness (QED) is 0.109. The van der Waals surface area contributed by atoms with Gasteiger partial charge in [0.05, 0.1) is 5.69 Å². The third-order valence-corrected chi connectivity index (χ3v) is 22.4. The molecule has 15 rings (SSSR count). The van der Waals surface area contributed by atoms with Crippen molar-refractivity contribution >= 4 is 51.2 Å². The highest BCUT2D eigenvalue weighted by Gasteiger charge is 2.55. The number of aryl methyl sites for hydroxylation is 2. The van der Waals surface area contributed by atoms with Crippen LogP contribution in [-0.2, 0) is 33.5 Å². The van der Waals surface area contributed by atoms with E-state index in [-0.39, 0.29) is 33.9 Å². The van der Waals surface area contributed by atoms with Crippen LogP contribution >= 0.6 is 0 Å². The first-order valence-electron chi connectivity index (χ1n) is 30.4. The molecule has 0 N–H and O–H groups in total. The molecule has 4 bridgehead atoms. The van der Waals surface area contributed by atoms with E-state index in [0.717, 1.165) is 24.2 Å². The summed E-state index contributed by atoms with van der Waals surface area (Å²) in [6.07, 6.45) is 21.7. The van der Waals surface area contributed by atoms with Gasteiger partial charge in [0.1, 0.15) is 0 Å². The summed E-state index contributed by atoms with van der Waals surface area (Å²) in [5.41, 5.74) is 29.6. The molecule has 7 aromatic rings. The average Bonchev–Trinajstić information content (AvgIpc) is 4.23. The van der Waals surface area contributed by atoms with E-state index >= 15 is 0 Å². The van der Waals surface area contributed by atoms with Gasteiger partial charge in [0, 0.05) is 60.7 Å². The van der Waals surface area contributed by atoms with Crippen molar-refractivity contribution in [3.8, 4) is 22.3 Å². The van der Waals surface area contributed by atoms with Crippen molar-refractivity contribution < 1.29 is 0 Å². The van der Waals surface area contributed by atoms with Gasteiger partial charge in [0.2, 0.25) is 0 Å². The maximum absolute atomic E-state index is 2.94. The first-order chi connectivity index (χ1) is 36.5.